The summed E-state index contributed by atoms with van der Waals surface area (Å²) >= 11 is 0. The molecule has 0 bridgehead atoms. The topological polar surface area (TPSA) is 81.3 Å². The lowest BCUT2D eigenvalue weighted by atomic mass is 10.0. The largest absolute Gasteiger partial charge is 0.496 e. The van der Waals surface area contributed by atoms with Gasteiger partial charge in [-0.2, -0.15) is 0 Å². The molecule has 6 heteroatoms. The first-order chi connectivity index (χ1) is 12.1. The van der Waals surface area contributed by atoms with E-state index in [9.17, 15) is 9.59 Å². The maximum Gasteiger partial charge on any atom is 0.334 e. The normalized spacial score (nSPS) is 11.2. The van der Waals surface area contributed by atoms with E-state index in [0.717, 1.165) is 28.9 Å². The van der Waals surface area contributed by atoms with Crippen LogP contribution in [0.2, 0.25) is 0 Å². The van der Waals surface area contributed by atoms with Gasteiger partial charge in [0, 0.05) is 23.9 Å². The second kappa shape index (κ2) is 8.82. The molecule has 2 aromatic rings. The molecule has 0 unspecified atom stereocenters. The highest BCUT2D eigenvalue weighted by atomic mass is 16.5. The van der Waals surface area contributed by atoms with Gasteiger partial charge in [0.15, 0.2) is 0 Å². The minimum Gasteiger partial charge on any atom is -0.496 e. The first-order valence-electron chi connectivity index (χ1n) is 8.10. The van der Waals surface area contributed by atoms with E-state index < -0.39 is 5.97 Å². The number of H-pyrrole nitrogens is 1. The van der Waals surface area contributed by atoms with Crippen molar-refractivity contribution < 1.29 is 19.1 Å². The van der Waals surface area contributed by atoms with Gasteiger partial charge in [-0.05, 0) is 44.0 Å². The Labute approximate surface area is 146 Å². The predicted octanol–water partition coefficient (Wildman–Crippen LogP) is 3.32. The van der Waals surface area contributed by atoms with E-state index in [1.54, 1.807) is 26.3 Å². The van der Waals surface area contributed by atoms with E-state index in [1.165, 1.54) is 0 Å². The molecule has 1 aromatic heterocycles. The Kier molecular flexibility index (Phi) is 6.51. The summed E-state index contributed by atoms with van der Waals surface area (Å²) < 4.78 is 10.5. The molecule has 0 fully saturated rings. The molecule has 0 atom stereocenters. The highest BCUT2D eigenvalue weighted by Crippen LogP contribution is 2.30. The lowest BCUT2D eigenvalue weighted by Gasteiger charge is -2.09. The van der Waals surface area contributed by atoms with Gasteiger partial charge in [-0.3, -0.25) is 0 Å². The zero-order valence-corrected chi connectivity index (χ0v) is 14.7. The number of nitrogens with one attached hydrogen (secondary N) is 1. The fourth-order valence-electron chi connectivity index (χ4n) is 2.42. The number of methoxy groups -OCH3 is 1. The lowest BCUT2D eigenvalue weighted by molar-refractivity contribution is -0.138. The summed E-state index contributed by atoms with van der Waals surface area (Å²) in [4.78, 5) is 30.2. The van der Waals surface area contributed by atoms with Crippen LogP contribution < -0.4 is 4.74 Å². The second-order valence-electron chi connectivity index (χ2n) is 5.47. The zero-order chi connectivity index (χ0) is 18.2. The SMILES string of the molecule is CCOC(=O)/C(=C\c1ccc(-c2ncc(C)[nH]2)c(OC)c1)CCC=O. The van der Waals surface area contributed by atoms with Crippen molar-refractivity contribution in [3.63, 3.8) is 0 Å². The maximum atomic E-state index is 12.0. The van der Waals surface area contributed by atoms with E-state index in [2.05, 4.69) is 9.97 Å². The molecule has 1 heterocycles. The number of aldehydes is 1. The molecule has 0 aliphatic carbocycles. The summed E-state index contributed by atoms with van der Waals surface area (Å²) in [7, 11) is 1.58. The van der Waals surface area contributed by atoms with E-state index in [1.807, 2.05) is 25.1 Å². The maximum absolute atomic E-state index is 12.0. The number of aromatic amines is 1. The van der Waals surface area contributed by atoms with Crippen LogP contribution in [-0.4, -0.2) is 35.9 Å². The minimum absolute atomic E-state index is 0.269. The van der Waals surface area contributed by atoms with E-state index in [4.69, 9.17) is 9.47 Å². The second-order valence-corrected chi connectivity index (χ2v) is 5.47. The minimum atomic E-state index is -0.408. The number of hydrogen-bond acceptors (Lipinski definition) is 5. The van der Waals surface area contributed by atoms with Crippen LogP contribution in [0.3, 0.4) is 0 Å². The van der Waals surface area contributed by atoms with Crippen LogP contribution in [0.25, 0.3) is 17.5 Å². The molecule has 132 valence electrons. The summed E-state index contributed by atoms with van der Waals surface area (Å²) in [5, 5.41) is 0. The lowest BCUT2D eigenvalue weighted by Crippen LogP contribution is -2.08. The summed E-state index contributed by atoms with van der Waals surface area (Å²) in [6.45, 7) is 3.97. The van der Waals surface area contributed by atoms with Crippen molar-refractivity contribution in [2.24, 2.45) is 0 Å². The number of imidazole rings is 1. The fourth-order valence-corrected chi connectivity index (χ4v) is 2.42. The molecule has 1 aromatic carbocycles. The van der Waals surface area contributed by atoms with Crippen LogP contribution in [0.5, 0.6) is 5.75 Å². The van der Waals surface area contributed by atoms with Crippen molar-refractivity contribution in [3.05, 3.63) is 41.2 Å². The zero-order valence-electron chi connectivity index (χ0n) is 14.7. The Hall–Kier alpha value is -2.89. The molecule has 25 heavy (non-hydrogen) atoms. The number of rotatable bonds is 8. The van der Waals surface area contributed by atoms with Crippen LogP contribution >= 0.6 is 0 Å². The third kappa shape index (κ3) is 4.79. The predicted molar refractivity (Wildman–Crippen MR) is 95.2 cm³/mol. The molecule has 2 rings (SSSR count). The number of aryl methyl sites for hydroxylation is 1. The standard InChI is InChI=1S/C19H22N2O4/c1-4-25-19(23)15(6-5-9-22)10-14-7-8-16(17(11-14)24-3)18-20-12-13(2)21-18/h7-12H,4-6H2,1-3H3,(H,20,21)/b15-10-. The van der Waals surface area contributed by atoms with Crippen molar-refractivity contribution in [2.75, 3.05) is 13.7 Å². The summed E-state index contributed by atoms with van der Waals surface area (Å²) in [5.74, 6) is 0.951. The van der Waals surface area contributed by atoms with Gasteiger partial charge < -0.3 is 19.3 Å². The van der Waals surface area contributed by atoms with E-state index >= 15 is 0 Å². The highest BCUT2D eigenvalue weighted by Gasteiger charge is 2.13. The number of carbonyl (C=O) groups excluding carboxylic acids is 2. The molecule has 6 nitrogen and oxygen atoms in total. The van der Waals surface area contributed by atoms with Crippen LogP contribution in [0.4, 0.5) is 0 Å². The molecular formula is C19H22N2O4. The molecular weight excluding hydrogens is 320 g/mol. The molecule has 0 amide bonds. The number of esters is 1. The van der Waals surface area contributed by atoms with Gasteiger partial charge in [-0.15, -0.1) is 0 Å². The Balaban J connectivity index is 2.36. The first-order valence-corrected chi connectivity index (χ1v) is 8.10. The van der Waals surface area contributed by atoms with Crippen LogP contribution in [0.15, 0.2) is 30.0 Å². The number of hydrogen-bond donors (Lipinski definition) is 1. The Morgan fingerprint density at radius 1 is 1.36 bits per heavy atom. The molecule has 0 spiro atoms. The van der Waals surface area contributed by atoms with Gasteiger partial charge in [-0.1, -0.05) is 6.07 Å². The first kappa shape index (κ1) is 18.4. The van der Waals surface area contributed by atoms with Crippen LogP contribution in [-0.2, 0) is 14.3 Å². The Bertz CT molecular complexity index is 777. The smallest absolute Gasteiger partial charge is 0.334 e. The van der Waals surface area contributed by atoms with Crippen molar-refractivity contribution in [1.29, 1.82) is 0 Å². The van der Waals surface area contributed by atoms with Crippen LogP contribution in [0.1, 0.15) is 31.0 Å². The molecule has 0 saturated carbocycles. The average Bonchev–Trinajstić information content (AvgIpc) is 3.04. The van der Waals surface area contributed by atoms with Gasteiger partial charge >= 0.3 is 5.97 Å². The number of aromatic nitrogens is 2. The van der Waals surface area contributed by atoms with Gasteiger partial charge in [-0.25, -0.2) is 9.78 Å². The van der Waals surface area contributed by atoms with Gasteiger partial charge in [0.2, 0.25) is 0 Å². The summed E-state index contributed by atoms with van der Waals surface area (Å²) in [5.41, 5.74) is 3.04. The highest BCUT2D eigenvalue weighted by molar-refractivity contribution is 5.94. The van der Waals surface area contributed by atoms with Gasteiger partial charge in [0.25, 0.3) is 0 Å². The monoisotopic (exact) mass is 342 g/mol. The number of carbonyl (C=O) groups is 2. The van der Waals surface area contributed by atoms with Crippen molar-refractivity contribution in [3.8, 4) is 17.1 Å². The molecule has 0 aliphatic rings. The number of nitrogens with zero attached hydrogens (tertiary/aromatic N) is 1. The number of ether oxygens (including phenoxy) is 2. The molecule has 0 aliphatic heterocycles. The molecule has 0 radical (unpaired) electrons. The average molecular weight is 342 g/mol. The number of benzene rings is 1. The van der Waals surface area contributed by atoms with Crippen LogP contribution in [0, 0.1) is 6.92 Å². The quantitative estimate of drug-likeness (QED) is 0.452. The summed E-state index contributed by atoms with van der Waals surface area (Å²) in [6.07, 6.45) is 4.87. The van der Waals surface area contributed by atoms with Gasteiger partial charge in [0.05, 0.1) is 19.3 Å². The molecule has 1 N–H and O–H groups in total. The van der Waals surface area contributed by atoms with E-state index in [0.29, 0.717) is 17.7 Å². The Morgan fingerprint density at radius 2 is 2.16 bits per heavy atom. The van der Waals surface area contributed by atoms with Crippen molar-refractivity contribution in [1.82, 2.24) is 9.97 Å². The molecule has 0 saturated heterocycles. The van der Waals surface area contributed by atoms with Gasteiger partial charge in [0.1, 0.15) is 17.9 Å². The third-order valence-corrected chi connectivity index (χ3v) is 3.59. The van der Waals surface area contributed by atoms with E-state index in [-0.39, 0.29) is 13.0 Å². The fraction of sp³-hybridized carbons (Fsp3) is 0.316. The van der Waals surface area contributed by atoms with Crippen molar-refractivity contribution in [2.45, 2.75) is 26.7 Å². The third-order valence-electron chi connectivity index (χ3n) is 3.59. The summed E-state index contributed by atoms with van der Waals surface area (Å²) in [6, 6.07) is 5.58. The van der Waals surface area contributed by atoms with Crippen molar-refractivity contribution >= 4 is 18.3 Å². The Morgan fingerprint density at radius 3 is 2.76 bits per heavy atom.